The van der Waals surface area contributed by atoms with Gasteiger partial charge in [-0.25, -0.2) is 9.59 Å². The summed E-state index contributed by atoms with van der Waals surface area (Å²) >= 11 is 0. The van der Waals surface area contributed by atoms with Gasteiger partial charge >= 0.3 is 11.9 Å². The molecular weight excluding hydrogens is 350 g/mol. The molecule has 0 amide bonds. The lowest BCUT2D eigenvalue weighted by atomic mass is 10.1. The first-order valence-electron chi connectivity index (χ1n) is 8.61. The Hall–Kier alpha value is -3.22. The van der Waals surface area contributed by atoms with E-state index >= 15 is 0 Å². The highest BCUT2D eigenvalue weighted by molar-refractivity contribution is 6.03. The van der Waals surface area contributed by atoms with Crippen molar-refractivity contribution in [3.63, 3.8) is 0 Å². The van der Waals surface area contributed by atoms with Crippen LogP contribution in [0.1, 0.15) is 51.6 Å². The Morgan fingerprint density at radius 2 is 1.63 bits per heavy atom. The van der Waals surface area contributed by atoms with Gasteiger partial charge < -0.3 is 9.47 Å². The van der Waals surface area contributed by atoms with Gasteiger partial charge in [-0.15, -0.1) is 0 Å². The van der Waals surface area contributed by atoms with Gasteiger partial charge in [0.15, 0.2) is 0 Å². The first-order chi connectivity index (χ1) is 13.0. The minimum absolute atomic E-state index is 0.0642. The highest BCUT2D eigenvalue weighted by Crippen LogP contribution is 2.24. The van der Waals surface area contributed by atoms with E-state index in [2.05, 4.69) is 0 Å². The maximum absolute atomic E-state index is 12.4. The topological polar surface area (TPSA) is 95.7 Å². The van der Waals surface area contributed by atoms with Crippen molar-refractivity contribution in [2.45, 2.75) is 33.3 Å². The molecule has 142 valence electrons. The Balaban J connectivity index is 2.15. The molecule has 0 saturated carbocycles. The maximum Gasteiger partial charge on any atom is 0.339 e. The molecule has 27 heavy (non-hydrogen) atoms. The largest absolute Gasteiger partial charge is 0.462 e. The van der Waals surface area contributed by atoms with E-state index in [0.717, 1.165) is 12.8 Å². The highest BCUT2D eigenvalue weighted by Gasteiger charge is 2.21. The lowest BCUT2D eigenvalue weighted by Crippen LogP contribution is -2.14. The van der Waals surface area contributed by atoms with Crippen LogP contribution in [0.2, 0.25) is 0 Å². The van der Waals surface area contributed by atoms with Gasteiger partial charge in [-0.05, 0) is 31.5 Å². The van der Waals surface area contributed by atoms with E-state index in [4.69, 9.17) is 9.47 Å². The fourth-order valence-corrected chi connectivity index (χ4v) is 2.54. The molecule has 2 rings (SSSR count). The maximum atomic E-state index is 12.4. The molecule has 0 saturated heterocycles. The fraction of sp³-hybridized carbons (Fsp3) is 0.300. The summed E-state index contributed by atoms with van der Waals surface area (Å²) in [5.41, 5.74) is 0.856. The Morgan fingerprint density at radius 1 is 1.00 bits per heavy atom. The van der Waals surface area contributed by atoms with Crippen molar-refractivity contribution in [1.29, 1.82) is 0 Å². The van der Waals surface area contributed by atoms with Gasteiger partial charge in [0.2, 0.25) is 0 Å². The van der Waals surface area contributed by atoms with Crippen molar-refractivity contribution < 1.29 is 24.0 Å². The average molecular weight is 371 g/mol. The number of nitrogens with zero attached hydrogens (tertiary/aromatic N) is 1. The zero-order valence-electron chi connectivity index (χ0n) is 15.3. The van der Waals surface area contributed by atoms with Gasteiger partial charge in [0.25, 0.3) is 5.69 Å². The second kappa shape index (κ2) is 9.47. The number of para-hydroxylation sites is 1. The normalized spacial score (nSPS) is 10.3. The minimum Gasteiger partial charge on any atom is -0.462 e. The number of carbonyl (C=O) groups excluding carboxylic acids is 2. The van der Waals surface area contributed by atoms with Crippen LogP contribution in [0.4, 0.5) is 5.69 Å². The van der Waals surface area contributed by atoms with Crippen LogP contribution in [0, 0.1) is 17.0 Å². The Bertz CT molecular complexity index is 846. The fourth-order valence-electron chi connectivity index (χ4n) is 2.54. The van der Waals surface area contributed by atoms with Crippen molar-refractivity contribution in [2.75, 3.05) is 6.61 Å². The molecule has 0 bridgehead atoms. The Kier molecular flexibility index (Phi) is 7.05. The summed E-state index contributed by atoms with van der Waals surface area (Å²) in [6, 6.07) is 11.0. The predicted molar refractivity (Wildman–Crippen MR) is 98.6 cm³/mol. The number of esters is 2. The number of nitro groups is 1. The van der Waals surface area contributed by atoms with Crippen LogP contribution in [-0.2, 0) is 16.1 Å². The number of nitro benzene ring substituents is 1. The standard InChI is InChI=1S/C20H21NO6/c1-3-4-12-26-19(22)16-10-5-6-11-17(16)20(23)27-13-15-9-7-8-14(2)18(15)21(24)25/h5-11H,3-4,12-13H2,1-2H3. The number of unbranched alkanes of at least 4 members (excludes halogenated alkanes) is 1. The van der Waals surface area contributed by atoms with Crippen molar-refractivity contribution >= 4 is 17.6 Å². The number of ether oxygens (including phenoxy) is 2. The van der Waals surface area contributed by atoms with E-state index in [-0.39, 0.29) is 35.6 Å². The smallest absolute Gasteiger partial charge is 0.339 e. The van der Waals surface area contributed by atoms with Gasteiger partial charge in [0.05, 0.1) is 28.2 Å². The lowest BCUT2D eigenvalue weighted by Gasteiger charge is -2.10. The Morgan fingerprint density at radius 3 is 2.22 bits per heavy atom. The molecule has 0 unspecified atom stereocenters. The van der Waals surface area contributed by atoms with E-state index in [0.29, 0.717) is 5.56 Å². The van der Waals surface area contributed by atoms with E-state index in [1.807, 2.05) is 6.92 Å². The SMILES string of the molecule is CCCCOC(=O)c1ccccc1C(=O)OCc1cccc(C)c1[N+](=O)[O-]. The van der Waals surface area contributed by atoms with Crippen molar-refractivity contribution in [2.24, 2.45) is 0 Å². The number of benzene rings is 2. The van der Waals surface area contributed by atoms with Crippen LogP contribution in [0.25, 0.3) is 0 Å². The molecule has 0 atom stereocenters. The third-order valence-corrected chi connectivity index (χ3v) is 3.96. The third kappa shape index (κ3) is 5.13. The van der Waals surface area contributed by atoms with Gasteiger partial charge in [-0.3, -0.25) is 10.1 Å². The minimum atomic E-state index is -0.742. The lowest BCUT2D eigenvalue weighted by molar-refractivity contribution is -0.386. The van der Waals surface area contributed by atoms with E-state index in [9.17, 15) is 19.7 Å². The molecular formula is C20H21NO6. The van der Waals surface area contributed by atoms with Gasteiger partial charge in [-0.1, -0.05) is 37.6 Å². The Labute approximate surface area is 157 Å². The van der Waals surface area contributed by atoms with Crippen molar-refractivity contribution in [3.05, 3.63) is 74.8 Å². The molecule has 0 spiro atoms. The molecule has 0 aliphatic rings. The van der Waals surface area contributed by atoms with Crippen LogP contribution >= 0.6 is 0 Å². The summed E-state index contributed by atoms with van der Waals surface area (Å²) < 4.78 is 10.4. The van der Waals surface area contributed by atoms with E-state index in [1.165, 1.54) is 18.2 Å². The van der Waals surface area contributed by atoms with Crippen LogP contribution in [0.3, 0.4) is 0 Å². The summed E-state index contributed by atoms with van der Waals surface area (Å²) in [4.78, 5) is 35.4. The van der Waals surface area contributed by atoms with Crippen LogP contribution in [0.15, 0.2) is 42.5 Å². The van der Waals surface area contributed by atoms with Gasteiger partial charge in [-0.2, -0.15) is 0 Å². The quantitative estimate of drug-likeness (QED) is 0.298. The molecule has 2 aromatic carbocycles. The number of carbonyl (C=O) groups is 2. The summed E-state index contributed by atoms with van der Waals surface area (Å²) in [6.45, 7) is 3.60. The molecule has 7 nitrogen and oxygen atoms in total. The average Bonchev–Trinajstić information content (AvgIpc) is 2.65. The van der Waals surface area contributed by atoms with Crippen molar-refractivity contribution in [1.82, 2.24) is 0 Å². The zero-order valence-corrected chi connectivity index (χ0v) is 15.3. The molecule has 0 heterocycles. The van der Waals surface area contributed by atoms with Gasteiger partial charge in [0.1, 0.15) is 6.61 Å². The second-order valence-corrected chi connectivity index (χ2v) is 5.95. The van der Waals surface area contributed by atoms with Crippen LogP contribution < -0.4 is 0 Å². The van der Waals surface area contributed by atoms with Crippen LogP contribution in [-0.4, -0.2) is 23.5 Å². The summed E-state index contributed by atoms with van der Waals surface area (Å²) in [6.07, 6.45) is 1.61. The first-order valence-corrected chi connectivity index (χ1v) is 8.61. The van der Waals surface area contributed by atoms with Crippen molar-refractivity contribution in [3.8, 4) is 0 Å². The van der Waals surface area contributed by atoms with E-state index in [1.54, 1.807) is 31.2 Å². The molecule has 0 aliphatic heterocycles. The summed E-state index contributed by atoms with van der Waals surface area (Å²) in [7, 11) is 0. The second-order valence-electron chi connectivity index (χ2n) is 5.95. The summed E-state index contributed by atoms with van der Waals surface area (Å²) in [5, 5.41) is 11.2. The number of hydrogen-bond acceptors (Lipinski definition) is 6. The number of aryl methyl sites for hydroxylation is 1. The van der Waals surface area contributed by atoms with Crippen LogP contribution in [0.5, 0.6) is 0 Å². The summed E-state index contributed by atoms with van der Waals surface area (Å²) in [5.74, 6) is -1.34. The van der Waals surface area contributed by atoms with E-state index < -0.39 is 16.9 Å². The molecule has 2 aromatic rings. The molecule has 7 heteroatoms. The molecule has 0 N–H and O–H groups in total. The molecule has 0 aromatic heterocycles. The number of rotatable bonds is 8. The number of hydrogen-bond donors (Lipinski definition) is 0. The van der Waals surface area contributed by atoms with Gasteiger partial charge in [0, 0.05) is 5.56 Å². The monoisotopic (exact) mass is 371 g/mol. The molecule has 0 radical (unpaired) electrons. The zero-order chi connectivity index (χ0) is 19.8. The predicted octanol–water partition coefficient (Wildman–Crippen LogP) is 4.22. The molecule has 0 aliphatic carbocycles. The molecule has 0 fully saturated rings. The highest BCUT2D eigenvalue weighted by atomic mass is 16.6. The first kappa shape index (κ1) is 20.1. The third-order valence-electron chi connectivity index (χ3n) is 3.96.